The molecular formula is C18H23FN6O2. The van der Waals surface area contributed by atoms with Crippen molar-refractivity contribution in [2.75, 3.05) is 18.4 Å². The molecule has 0 aliphatic carbocycles. The standard InChI is InChI=1S/C18H23FN6O2/c1-11(2)15(16-24-23-14-7-8-20-9-10-25(14)16)22-18(27)17(26)21-13-5-3-12(19)4-6-13/h3-6,11,15,20H,7-10H2,1-2H3,(H,21,26)(H,22,27)/t15-/m0/s1. The van der Waals surface area contributed by atoms with Gasteiger partial charge < -0.3 is 20.5 Å². The lowest BCUT2D eigenvalue weighted by atomic mass is 10.0. The molecule has 144 valence electrons. The highest BCUT2D eigenvalue weighted by atomic mass is 19.1. The average molecular weight is 374 g/mol. The average Bonchev–Trinajstić information content (AvgIpc) is 2.88. The Morgan fingerprint density at radius 3 is 2.59 bits per heavy atom. The lowest BCUT2D eigenvalue weighted by Gasteiger charge is -2.22. The number of carbonyl (C=O) groups is 2. The monoisotopic (exact) mass is 374 g/mol. The Balaban J connectivity index is 1.72. The minimum Gasteiger partial charge on any atom is -0.338 e. The minimum atomic E-state index is -0.815. The van der Waals surface area contributed by atoms with E-state index in [1.165, 1.54) is 24.3 Å². The molecule has 1 aliphatic heterocycles. The normalized spacial score (nSPS) is 15.0. The summed E-state index contributed by atoms with van der Waals surface area (Å²) in [5, 5.41) is 17.0. The van der Waals surface area contributed by atoms with Crippen molar-refractivity contribution >= 4 is 17.5 Å². The quantitative estimate of drug-likeness (QED) is 0.694. The second-order valence-corrected chi connectivity index (χ2v) is 6.78. The topological polar surface area (TPSA) is 101 Å². The van der Waals surface area contributed by atoms with Crippen molar-refractivity contribution in [1.29, 1.82) is 0 Å². The Kier molecular flexibility index (Phi) is 5.80. The van der Waals surface area contributed by atoms with Gasteiger partial charge in [-0.2, -0.15) is 0 Å². The Labute approximate surface area is 156 Å². The van der Waals surface area contributed by atoms with Crippen LogP contribution >= 0.6 is 0 Å². The molecule has 2 amide bonds. The fourth-order valence-corrected chi connectivity index (χ4v) is 2.98. The predicted octanol–water partition coefficient (Wildman–Crippen LogP) is 1.01. The van der Waals surface area contributed by atoms with E-state index in [9.17, 15) is 14.0 Å². The first-order chi connectivity index (χ1) is 13.0. The van der Waals surface area contributed by atoms with Crippen molar-refractivity contribution < 1.29 is 14.0 Å². The number of rotatable bonds is 4. The van der Waals surface area contributed by atoms with Gasteiger partial charge in [0.2, 0.25) is 0 Å². The van der Waals surface area contributed by atoms with Crippen molar-refractivity contribution in [3.8, 4) is 0 Å². The van der Waals surface area contributed by atoms with Gasteiger partial charge in [-0.25, -0.2) is 4.39 Å². The summed E-state index contributed by atoms with van der Waals surface area (Å²) >= 11 is 0. The van der Waals surface area contributed by atoms with Crippen LogP contribution in [0.2, 0.25) is 0 Å². The second-order valence-electron chi connectivity index (χ2n) is 6.78. The highest BCUT2D eigenvalue weighted by Crippen LogP contribution is 2.21. The van der Waals surface area contributed by atoms with Crippen molar-refractivity contribution in [2.45, 2.75) is 32.9 Å². The maximum atomic E-state index is 13.0. The van der Waals surface area contributed by atoms with Gasteiger partial charge >= 0.3 is 11.8 Å². The molecule has 0 spiro atoms. The molecule has 3 rings (SSSR count). The summed E-state index contributed by atoms with van der Waals surface area (Å²) in [6.07, 6.45) is 0.761. The molecule has 3 N–H and O–H groups in total. The SMILES string of the molecule is CC(C)[C@H](NC(=O)C(=O)Nc1ccc(F)cc1)c1nnc2n1CCNCC2. The van der Waals surface area contributed by atoms with E-state index in [-0.39, 0.29) is 5.92 Å². The molecular weight excluding hydrogens is 351 g/mol. The van der Waals surface area contributed by atoms with Crippen LogP contribution in [0.4, 0.5) is 10.1 Å². The second kappa shape index (κ2) is 8.26. The lowest BCUT2D eigenvalue weighted by Crippen LogP contribution is -2.40. The third kappa shape index (κ3) is 4.48. The molecule has 1 atom stereocenters. The summed E-state index contributed by atoms with van der Waals surface area (Å²) in [6.45, 7) is 6.22. The Hall–Kier alpha value is -2.81. The zero-order valence-electron chi connectivity index (χ0n) is 15.3. The highest BCUT2D eigenvalue weighted by molar-refractivity contribution is 6.39. The number of carbonyl (C=O) groups excluding carboxylic acids is 2. The van der Waals surface area contributed by atoms with E-state index >= 15 is 0 Å². The van der Waals surface area contributed by atoms with Crippen LogP contribution in [-0.2, 0) is 22.6 Å². The van der Waals surface area contributed by atoms with Crippen molar-refractivity contribution in [3.05, 3.63) is 41.7 Å². The van der Waals surface area contributed by atoms with Crippen molar-refractivity contribution in [3.63, 3.8) is 0 Å². The van der Waals surface area contributed by atoms with Crippen LogP contribution in [0.5, 0.6) is 0 Å². The number of benzene rings is 1. The first-order valence-corrected chi connectivity index (χ1v) is 8.96. The molecule has 1 aliphatic rings. The fourth-order valence-electron chi connectivity index (χ4n) is 2.98. The van der Waals surface area contributed by atoms with E-state index in [0.29, 0.717) is 18.1 Å². The summed E-state index contributed by atoms with van der Waals surface area (Å²) in [7, 11) is 0. The molecule has 0 saturated carbocycles. The Bertz CT molecular complexity index is 818. The largest absolute Gasteiger partial charge is 0.338 e. The van der Waals surface area contributed by atoms with Gasteiger partial charge in [0.25, 0.3) is 0 Å². The van der Waals surface area contributed by atoms with Crippen LogP contribution in [0.3, 0.4) is 0 Å². The van der Waals surface area contributed by atoms with Gasteiger partial charge in [-0.15, -0.1) is 10.2 Å². The summed E-state index contributed by atoms with van der Waals surface area (Å²) in [5.41, 5.74) is 0.347. The number of amides is 2. The fraction of sp³-hybridized carbons (Fsp3) is 0.444. The van der Waals surface area contributed by atoms with Crippen LogP contribution in [0.1, 0.15) is 31.5 Å². The number of hydrogen-bond donors (Lipinski definition) is 3. The van der Waals surface area contributed by atoms with Crippen molar-refractivity contribution in [2.24, 2.45) is 5.92 Å². The molecule has 9 heteroatoms. The smallest absolute Gasteiger partial charge is 0.313 e. The van der Waals surface area contributed by atoms with Crippen molar-refractivity contribution in [1.82, 2.24) is 25.4 Å². The maximum Gasteiger partial charge on any atom is 0.313 e. The molecule has 2 aromatic rings. The molecule has 8 nitrogen and oxygen atoms in total. The first kappa shape index (κ1) is 19.0. The predicted molar refractivity (Wildman–Crippen MR) is 97.3 cm³/mol. The van der Waals surface area contributed by atoms with E-state index in [4.69, 9.17) is 0 Å². The number of nitrogens with one attached hydrogen (secondary N) is 3. The number of hydrogen-bond acceptors (Lipinski definition) is 5. The third-order valence-electron chi connectivity index (χ3n) is 4.43. The first-order valence-electron chi connectivity index (χ1n) is 8.96. The molecule has 2 heterocycles. The van der Waals surface area contributed by atoms with E-state index in [1.54, 1.807) is 0 Å². The summed E-state index contributed by atoms with van der Waals surface area (Å²) in [6, 6.07) is 4.77. The highest BCUT2D eigenvalue weighted by Gasteiger charge is 2.28. The van der Waals surface area contributed by atoms with Gasteiger partial charge in [0.1, 0.15) is 11.6 Å². The van der Waals surface area contributed by atoms with Gasteiger partial charge in [0, 0.05) is 31.7 Å². The molecule has 1 aromatic heterocycles. The van der Waals surface area contributed by atoms with Gasteiger partial charge in [0.05, 0.1) is 6.04 Å². The number of fused-ring (bicyclic) bond motifs is 1. The molecule has 0 fully saturated rings. The zero-order valence-corrected chi connectivity index (χ0v) is 15.3. The van der Waals surface area contributed by atoms with Crippen LogP contribution < -0.4 is 16.0 Å². The summed E-state index contributed by atoms with van der Waals surface area (Å²) < 4.78 is 15.0. The van der Waals surface area contributed by atoms with Gasteiger partial charge in [-0.1, -0.05) is 13.8 Å². The summed E-state index contributed by atoms with van der Waals surface area (Å²) in [4.78, 5) is 24.6. The van der Waals surface area contributed by atoms with E-state index < -0.39 is 23.7 Å². The van der Waals surface area contributed by atoms with Gasteiger partial charge in [-0.3, -0.25) is 9.59 Å². The van der Waals surface area contributed by atoms with E-state index in [1.807, 2.05) is 18.4 Å². The number of nitrogens with zero attached hydrogens (tertiary/aromatic N) is 3. The number of anilines is 1. The van der Waals surface area contributed by atoms with Crippen LogP contribution in [0.25, 0.3) is 0 Å². The summed E-state index contributed by atoms with van der Waals surface area (Å²) in [5.74, 6) is -0.486. The van der Waals surface area contributed by atoms with Crippen LogP contribution in [0, 0.1) is 11.7 Å². The maximum absolute atomic E-state index is 13.0. The number of aromatic nitrogens is 3. The molecule has 1 aromatic carbocycles. The molecule has 0 radical (unpaired) electrons. The molecule has 27 heavy (non-hydrogen) atoms. The Morgan fingerprint density at radius 2 is 1.89 bits per heavy atom. The molecule has 0 bridgehead atoms. The van der Waals surface area contributed by atoms with E-state index in [0.717, 1.165) is 25.3 Å². The third-order valence-corrected chi connectivity index (χ3v) is 4.43. The molecule has 0 unspecified atom stereocenters. The van der Waals surface area contributed by atoms with Gasteiger partial charge in [-0.05, 0) is 30.2 Å². The van der Waals surface area contributed by atoms with Crippen LogP contribution in [-0.4, -0.2) is 39.7 Å². The van der Waals surface area contributed by atoms with E-state index in [2.05, 4.69) is 26.1 Å². The zero-order chi connectivity index (χ0) is 19.4. The number of halogens is 1. The molecule has 0 saturated heterocycles. The minimum absolute atomic E-state index is 0.0112. The van der Waals surface area contributed by atoms with Gasteiger partial charge in [0.15, 0.2) is 5.82 Å². The van der Waals surface area contributed by atoms with Crippen LogP contribution in [0.15, 0.2) is 24.3 Å². The Morgan fingerprint density at radius 1 is 1.15 bits per heavy atom. The lowest BCUT2D eigenvalue weighted by molar-refractivity contribution is -0.136.